The van der Waals surface area contributed by atoms with Crippen LogP contribution in [0.25, 0.3) is 16.4 Å². The van der Waals surface area contributed by atoms with E-state index in [4.69, 9.17) is 5.10 Å². The first-order chi connectivity index (χ1) is 29.6. The number of urea groups is 1. The van der Waals surface area contributed by atoms with Gasteiger partial charge in [0.05, 0.1) is 40.4 Å². The van der Waals surface area contributed by atoms with Crippen molar-refractivity contribution in [1.82, 2.24) is 34.5 Å². The molecule has 5 amide bonds. The van der Waals surface area contributed by atoms with Crippen LogP contribution in [0, 0.1) is 28.9 Å². The Bertz CT molecular complexity index is 2650. The van der Waals surface area contributed by atoms with Crippen molar-refractivity contribution in [1.29, 1.82) is 5.26 Å². The number of fused-ring (bicyclic) bond motifs is 2. The fraction of sp³-hybridized carbons (Fsp3) is 0.432. The fourth-order valence-electron chi connectivity index (χ4n) is 9.49. The molecule has 0 unspecified atom stereocenters. The van der Waals surface area contributed by atoms with Gasteiger partial charge in [0.15, 0.2) is 11.6 Å². The molecule has 0 radical (unpaired) electrons. The number of aromatic nitrogens is 4. The molecular weight excluding hydrogens is 801 g/mol. The Morgan fingerprint density at radius 2 is 1.69 bits per heavy atom. The molecule has 5 aromatic rings. The highest BCUT2D eigenvalue weighted by Gasteiger charge is 2.41. The first kappa shape index (κ1) is 40.9. The summed E-state index contributed by atoms with van der Waals surface area (Å²) < 4.78 is 33.7. The van der Waals surface area contributed by atoms with E-state index in [0.29, 0.717) is 59.2 Å². The molecule has 16 nitrogen and oxygen atoms in total. The number of piperazine rings is 1. The van der Waals surface area contributed by atoms with E-state index in [1.807, 2.05) is 27.9 Å². The number of hydrogen-bond donors (Lipinski definition) is 3. The normalized spacial score (nSPS) is 21.6. The van der Waals surface area contributed by atoms with Crippen LogP contribution >= 0.6 is 0 Å². The molecule has 9 rings (SSSR count). The molecule has 62 heavy (non-hydrogen) atoms. The third kappa shape index (κ3) is 7.59. The highest BCUT2D eigenvalue weighted by molar-refractivity contribution is 6.06. The molecule has 18 heteroatoms. The molecule has 3 N–H and O–H groups in total. The zero-order valence-electron chi connectivity index (χ0n) is 34.6. The molecule has 0 spiro atoms. The zero-order chi connectivity index (χ0) is 43.6. The van der Waals surface area contributed by atoms with Gasteiger partial charge in [0.1, 0.15) is 17.5 Å². The SMILES string of the molecule is C[C@H]1CN(C2CCC(n3cc4cc(NC(=O)c5ccc6cc(C#N)cnn56)c(C(C)(C)O)cc4n3)CC2)CCN1C(=O)C1CN(c2cc(F)c(N3CCC(=O)NC3=O)c(F)c2)C1. The number of carbonyl (C=O) groups excluding carboxylic acids is 4. The average molecular weight is 848 g/mol. The minimum Gasteiger partial charge on any atom is -0.386 e. The summed E-state index contributed by atoms with van der Waals surface area (Å²) >= 11 is 0. The van der Waals surface area contributed by atoms with Gasteiger partial charge in [0.25, 0.3) is 5.91 Å². The van der Waals surface area contributed by atoms with Gasteiger partial charge in [0, 0.05) is 86.3 Å². The number of hydrogen-bond acceptors (Lipinski definition) is 10. The number of anilines is 3. The average Bonchev–Trinajstić information content (AvgIpc) is 3.84. The lowest BCUT2D eigenvalue weighted by Crippen LogP contribution is -2.61. The second kappa shape index (κ2) is 15.8. The van der Waals surface area contributed by atoms with E-state index in [1.165, 1.54) is 22.8 Å². The van der Waals surface area contributed by atoms with Gasteiger partial charge in [-0.2, -0.15) is 15.5 Å². The number of halogens is 2. The summed E-state index contributed by atoms with van der Waals surface area (Å²) in [7, 11) is 0. The first-order valence-electron chi connectivity index (χ1n) is 21.0. The van der Waals surface area contributed by atoms with Crippen LogP contribution in [0.4, 0.5) is 30.6 Å². The number of benzene rings is 2. The van der Waals surface area contributed by atoms with Gasteiger partial charge in [-0.1, -0.05) is 0 Å². The van der Waals surface area contributed by atoms with E-state index in [-0.39, 0.29) is 42.6 Å². The van der Waals surface area contributed by atoms with Gasteiger partial charge in [-0.05, 0) is 88.9 Å². The van der Waals surface area contributed by atoms with Crippen molar-refractivity contribution in [2.24, 2.45) is 5.92 Å². The van der Waals surface area contributed by atoms with Crippen LogP contribution in [0.1, 0.15) is 80.5 Å². The molecule has 322 valence electrons. The second-order valence-electron chi connectivity index (χ2n) is 17.4. The largest absolute Gasteiger partial charge is 0.386 e. The van der Waals surface area contributed by atoms with Gasteiger partial charge in [-0.25, -0.2) is 18.1 Å². The van der Waals surface area contributed by atoms with Gasteiger partial charge in [0.2, 0.25) is 11.8 Å². The van der Waals surface area contributed by atoms with Crippen molar-refractivity contribution < 1.29 is 33.1 Å². The molecule has 1 aliphatic carbocycles. The number of rotatable bonds is 8. The monoisotopic (exact) mass is 847 g/mol. The molecule has 2 aromatic carbocycles. The Balaban J connectivity index is 0.791. The van der Waals surface area contributed by atoms with Gasteiger partial charge >= 0.3 is 6.03 Å². The first-order valence-corrected chi connectivity index (χ1v) is 21.0. The lowest BCUT2D eigenvalue weighted by molar-refractivity contribution is -0.141. The Hall–Kier alpha value is -6.45. The van der Waals surface area contributed by atoms with Gasteiger partial charge < -0.3 is 20.2 Å². The molecular formula is C44H47F2N11O5. The maximum atomic E-state index is 15.1. The highest BCUT2D eigenvalue weighted by atomic mass is 19.1. The summed E-state index contributed by atoms with van der Waals surface area (Å²) in [5.74, 6) is -2.98. The van der Waals surface area contributed by atoms with E-state index in [1.54, 1.807) is 36.9 Å². The van der Waals surface area contributed by atoms with E-state index in [9.17, 15) is 29.5 Å². The number of nitrogens with one attached hydrogen (secondary N) is 2. The number of nitriles is 1. The number of imide groups is 1. The van der Waals surface area contributed by atoms with Gasteiger partial charge in [-0.3, -0.25) is 34.2 Å². The van der Waals surface area contributed by atoms with Crippen LogP contribution in [0.2, 0.25) is 0 Å². The highest BCUT2D eigenvalue weighted by Crippen LogP contribution is 2.37. The van der Waals surface area contributed by atoms with Crippen LogP contribution in [0.15, 0.2) is 54.9 Å². The molecule has 3 saturated heterocycles. The molecule has 4 aliphatic rings. The molecule has 1 atom stereocenters. The van der Waals surface area contributed by atoms with Crippen molar-refractivity contribution in [3.63, 3.8) is 0 Å². The molecule has 4 fully saturated rings. The maximum absolute atomic E-state index is 15.1. The minimum atomic E-state index is -1.28. The molecule has 0 bridgehead atoms. The van der Waals surface area contributed by atoms with E-state index in [2.05, 4.69) is 33.6 Å². The number of carbonyl (C=O) groups is 4. The van der Waals surface area contributed by atoms with Crippen LogP contribution < -0.4 is 20.4 Å². The van der Waals surface area contributed by atoms with Crippen LogP contribution in [0.5, 0.6) is 0 Å². The number of nitrogens with zero attached hydrogens (tertiary/aromatic N) is 9. The third-order valence-electron chi connectivity index (χ3n) is 12.9. The van der Waals surface area contributed by atoms with Crippen LogP contribution in [-0.4, -0.2) is 109 Å². The lowest BCUT2D eigenvalue weighted by Gasteiger charge is -2.48. The lowest BCUT2D eigenvalue weighted by atomic mass is 9.89. The number of amides is 5. The standard InChI is InChI=1S/C44H47F2N11O5/c1-25-21-52(12-13-54(25)42(60)28-22-53(23-28)32-16-34(45)40(35(46)17-32)55-11-10-39(58)50-43(55)61)29-4-6-30(7-5-29)56-24-27-15-37(33(44(2,3)62)18-36(27)51-56)49-41(59)38-9-8-31-14-26(19-47)20-48-57(31)38/h8-9,14-18,20,24-25,28-30,62H,4-7,10-13,21-23H2,1-3H3,(H,49,59)(H,50,58,61)/t25-,29?,30?/m0/s1. The predicted octanol–water partition coefficient (Wildman–Crippen LogP) is 4.91. The summed E-state index contributed by atoms with van der Waals surface area (Å²) in [5.41, 5.74) is 1.51. The minimum absolute atomic E-state index is 0.0000466. The second-order valence-corrected chi connectivity index (χ2v) is 17.4. The summed E-state index contributed by atoms with van der Waals surface area (Å²) in [4.78, 5) is 57.9. The van der Waals surface area contributed by atoms with Crippen LogP contribution in [-0.2, 0) is 15.2 Å². The fourth-order valence-corrected chi connectivity index (χ4v) is 9.49. The zero-order valence-corrected chi connectivity index (χ0v) is 34.6. The van der Waals surface area contributed by atoms with Crippen LogP contribution in [0.3, 0.4) is 0 Å². The van der Waals surface area contributed by atoms with Crippen molar-refractivity contribution in [3.05, 3.63) is 83.3 Å². The predicted molar refractivity (Wildman–Crippen MR) is 224 cm³/mol. The summed E-state index contributed by atoms with van der Waals surface area (Å²) in [6, 6.07) is 12.8. The topological polar surface area (TPSA) is 184 Å². The van der Waals surface area contributed by atoms with Gasteiger partial charge in [-0.15, -0.1) is 0 Å². The maximum Gasteiger partial charge on any atom is 0.328 e. The van der Waals surface area contributed by atoms with Crippen molar-refractivity contribution in [3.8, 4) is 6.07 Å². The quantitative estimate of drug-likeness (QED) is 0.194. The van der Waals surface area contributed by atoms with Crippen molar-refractivity contribution in [2.75, 3.05) is 54.4 Å². The summed E-state index contributed by atoms with van der Waals surface area (Å²) in [6.07, 6.45) is 7.12. The third-order valence-corrected chi connectivity index (χ3v) is 12.9. The molecule has 1 saturated carbocycles. The Morgan fingerprint density at radius 3 is 2.37 bits per heavy atom. The molecule has 6 heterocycles. The summed E-state index contributed by atoms with van der Waals surface area (Å²) in [5, 5.41) is 35.5. The van der Waals surface area contributed by atoms with E-state index >= 15 is 8.78 Å². The Kier molecular flexibility index (Phi) is 10.4. The number of aliphatic hydroxyl groups is 1. The Labute approximate surface area is 355 Å². The van der Waals surface area contributed by atoms with E-state index in [0.717, 1.165) is 49.1 Å². The van der Waals surface area contributed by atoms with Crippen molar-refractivity contribution >= 4 is 57.2 Å². The van der Waals surface area contributed by atoms with E-state index < -0.39 is 40.8 Å². The van der Waals surface area contributed by atoms with Crippen molar-refractivity contribution in [2.45, 2.75) is 76.6 Å². The molecule has 3 aromatic heterocycles. The summed E-state index contributed by atoms with van der Waals surface area (Å²) in [6.45, 7) is 8.05. The molecule has 3 aliphatic heterocycles. The smallest absolute Gasteiger partial charge is 0.328 e. The Morgan fingerprint density at radius 1 is 0.968 bits per heavy atom.